The van der Waals surface area contributed by atoms with Gasteiger partial charge in [0, 0.05) is 13.1 Å². The number of hydrogen-bond acceptors (Lipinski definition) is 4. The summed E-state index contributed by atoms with van der Waals surface area (Å²) in [5.74, 6) is -0.181. The normalized spacial score (nSPS) is 19.3. The van der Waals surface area contributed by atoms with E-state index in [0.29, 0.717) is 19.5 Å². The fraction of sp³-hybridized carbons (Fsp3) is 0.923. The third-order valence-electron chi connectivity index (χ3n) is 3.61. The summed E-state index contributed by atoms with van der Waals surface area (Å²) in [5.41, 5.74) is -0.537. The van der Waals surface area contributed by atoms with Gasteiger partial charge in [0.2, 0.25) is 0 Å². The number of nitrogens with zero attached hydrogens (tertiary/aromatic N) is 1. The SMILES string of the molecule is CCN(CCC(=O)OC)CC1(O)CCCCC1. The van der Waals surface area contributed by atoms with Crippen LogP contribution in [0.3, 0.4) is 0 Å². The molecular formula is C13H25NO3. The van der Waals surface area contributed by atoms with E-state index in [0.717, 1.165) is 32.2 Å². The van der Waals surface area contributed by atoms with E-state index in [1.54, 1.807) is 0 Å². The molecule has 0 aromatic rings. The molecule has 4 heteroatoms. The molecule has 0 radical (unpaired) electrons. The number of ether oxygens (including phenoxy) is 1. The number of rotatable bonds is 6. The van der Waals surface area contributed by atoms with Crippen molar-refractivity contribution < 1.29 is 14.6 Å². The topological polar surface area (TPSA) is 49.8 Å². The van der Waals surface area contributed by atoms with Crippen LogP contribution in [0.15, 0.2) is 0 Å². The van der Waals surface area contributed by atoms with Gasteiger partial charge in [0.1, 0.15) is 0 Å². The van der Waals surface area contributed by atoms with Crippen LogP contribution in [0.5, 0.6) is 0 Å². The van der Waals surface area contributed by atoms with Gasteiger partial charge in [0.15, 0.2) is 0 Å². The molecule has 1 rings (SSSR count). The minimum absolute atomic E-state index is 0.181. The summed E-state index contributed by atoms with van der Waals surface area (Å²) in [6.45, 7) is 4.27. The minimum Gasteiger partial charge on any atom is -0.469 e. The smallest absolute Gasteiger partial charge is 0.306 e. The van der Waals surface area contributed by atoms with Crippen molar-refractivity contribution in [1.82, 2.24) is 4.90 Å². The summed E-state index contributed by atoms with van der Waals surface area (Å²) >= 11 is 0. The van der Waals surface area contributed by atoms with Crippen LogP contribution in [0.25, 0.3) is 0 Å². The van der Waals surface area contributed by atoms with Crippen LogP contribution in [0, 0.1) is 0 Å². The zero-order chi connectivity index (χ0) is 12.7. The third-order valence-corrected chi connectivity index (χ3v) is 3.61. The van der Waals surface area contributed by atoms with E-state index in [1.165, 1.54) is 13.5 Å². The molecule has 4 nitrogen and oxygen atoms in total. The van der Waals surface area contributed by atoms with Crippen molar-refractivity contribution in [1.29, 1.82) is 0 Å². The van der Waals surface area contributed by atoms with Gasteiger partial charge >= 0.3 is 5.97 Å². The molecule has 0 bridgehead atoms. The Balaban J connectivity index is 2.37. The number of hydrogen-bond donors (Lipinski definition) is 1. The average Bonchev–Trinajstić information content (AvgIpc) is 2.34. The number of likely N-dealkylation sites (N-methyl/N-ethyl adjacent to an activating group) is 1. The monoisotopic (exact) mass is 243 g/mol. The average molecular weight is 243 g/mol. The maximum atomic E-state index is 11.1. The van der Waals surface area contributed by atoms with E-state index in [4.69, 9.17) is 0 Å². The first kappa shape index (κ1) is 14.5. The standard InChI is InChI=1S/C13H25NO3/c1-3-14(10-7-12(15)17-2)11-13(16)8-5-4-6-9-13/h16H,3-11H2,1-2H3. The van der Waals surface area contributed by atoms with Crippen molar-refractivity contribution in [2.24, 2.45) is 0 Å². The summed E-state index contributed by atoms with van der Waals surface area (Å²) in [4.78, 5) is 13.2. The zero-order valence-corrected chi connectivity index (χ0v) is 11.1. The Morgan fingerprint density at radius 2 is 2.00 bits per heavy atom. The summed E-state index contributed by atoms with van der Waals surface area (Å²) in [6.07, 6.45) is 5.65. The van der Waals surface area contributed by atoms with Crippen LogP contribution >= 0.6 is 0 Å². The molecule has 1 aliphatic carbocycles. The molecule has 0 unspecified atom stereocenters. The van der Waals surface area contributed by atoms with Gasteiger partial charge in [-0.05, 0) is 19.4 Å². The fourth-order valence-electron chi connectivity index (χ4n) is 2.48. The zero-order valence-electron chi connectivity index (χ0n) is 11.1. The molecule has 0 aliphatic heterocycles. The second-order valence-corrected chi connectivity index (χ2v) is 4.98. The van der Waals surface area contributed by atoms with Crippen LogP contribution in [-0.2, 0) is 9.53 Å². The Kier molecular flexibility index (Phi) is 5.92. The number of methoxy groups -OCH3 is 1. The number of esters is 1. The van der Waals surface area contributed by atoms with Gasteiger partial charge in [-0.3, -0.25) is 4.79 Å². The molecule has 0 atom stereocenters. The predicted molar refractivity (Wildman–Crippen MR) is 66.8 cm³/mol. The lowest BCUT2D eigenvalue weighted by atomic mass is 9.84. The summed E-state index contributed by atoms with van der Waals surface area (Å²) in [7, 11) is 1.41. The second-order valence-electron chi connectivity index (χ2n) is 4.98. The highest BCUT2D eigenvalue weighted by molar-refractivity contribution is 5.69. The maximum absolute atomic E-state index is 11.1. The lowest BCUT2D eigenvalue weighted by Gasteiger charge is -2.36. The van der Waals surface area contributed by atoms with Crippen LogP contribution in [0.2, 0.25) is 0 Å². The molecule has 1 saturated carbocycles. The summed E-state index contributed by atoms with van der Waals surface area (Å²) in [5, 5.41) is 10.4. The molecule has 0 amide bonds. The molecule has 1 aliphatic rings. The van der Waals surface area contributed by atoms with Gasteiger partial charge in [0.05, 0.1) is 19.1 Å². The number of aliphatic hydroxyl groups is 1. The van der Waals surface area contributed by atoms with Crippen molar-refractivity contribution in [2.45, 2.75) is 51.0 Å². The van der Waals surface area contributed by atoms with Crippen LogP contribution < -0.4 is 0 Å². The fourth-order valence-corrected chi connectivity index (χ4v) is 2.48. The maximum Gasteiger partial charge on any atom is 0.306 e. The lowest BCUT2D eigenvalue weighted by molar-refractivity contribution is -0.141. The lowest BCUT2D eigenvalue weighted by Crippen LogP contribution is -2.45. The molecule has 0 spiro atoms. The molecular weight excluding hydrogens is 218 g/mol. The van der Waals surface area contributed by atoms with E-state index in [1.807, 2.05) is 0 Å². The molecule has 17 heavy (non-hydrogen) atoms. The largest absolute Gasteiger partial charge is 0.469 e. The van der Waals surface area contributed by atoms with Crippen molar-refractivity contribution in [3.05, 3.63) is 0 Å². The van der Waals surface area contributed by atoms with Gasteiger partial charge < -0.3 is 14.7 Å². The summed E-state index contributed by atoms with van der Waals surface area (Å²) in [6, 6.07) is 0. The Labute approximate surface area is 104 Å². The predicted octanol–water partition coefficient (Wildman–Crippen LogP) is 1.57. The highest BCUT2D eigenvalue weighted by Crippen LogP contribution is 2.28. The summed E-state index contributed by atoms with van der Waals surface area (Å²) < 4.78 is 4.63. The van der Waals surface area contributed by atoms with Crippen molar-refractivity contribution in [3.8, 4) is 0 Å². The van der Waals surface area contributed by atoms with Gasteiger partial charge in [-0.2, -0.15) is 0 Å². The van der Waals surface area contributed by atoms with Gasteiger partial charge in [-0.1, -0.05) is 26.2 Å². The van der Waals surface area contributed by atoms with Crippen LogP contribution in [0.1, 0.15) is 45.4 Å². The molecule has 0 saturated heterocycles. The van der Waals surface area contributed by atoms with Gasteiger partial charge in [0.25, 0.3) is 0 Å². The van der Waals surface area contributed by atoms with Crippen LogP contribution in [-0.4, -0.2) is 48.3 Å². The van der Waals surface area contributed by atoms with E-state index in [-0.39, 0.29) is 5.97 Å². The minimum atomic E-state index is -0.537. The first-order valence-electron chi connectivity index (χ1n) is 6.61. The molecule has 0 aromatic carbocycles. The van der Waals surface area contributed by atoms with E-state index < -0.39 is 5.60 Å². The van der Waals surface area contributed by atoms with Crippen molar-refractivity contribution >= 4 is 5.97 Å². The highest BCUT2D eigenvalue weighted by Gasteiger charge is 2.30. The Morgan fingerprint density at radius 1 is 1.35 bits per heavy atom. The Bertz CT molecular complexity index is 237. The first-order valence-corrected chi connectivity index (χ1v) is 6.61. The number of carbonyl (C=O) groups excluding carboxylic acids is 1. The molecule has 1 fully saturated rings. The van der Waals surface area contributed by atoms with Crippen molar-refractivity contribution in [3.63, 3.8) is 0 Å². The number of carbonyl (C=O) groups is 1. The molecule has 1 N–H and O–H groups in total. The van der Waals surface area contributed by atoms with E-state index in [2.05, 4.69) is 16.6 Å². The molecule has 0 aromatic heterocycles. The Hall–Kier alpha value is -0.610. The quantitative estimate of drug-likeness (QED) is 0.719. The van der Waals surface area contributed by atoms with Gasteiger partial charge in [-0.25, -0.2) is 0 Å². The first-order chi connectivity index (χ1) is 8.09. The molecule has 0 heterocycles. The van der Waals surface area contributed by atoms with E-state index >= 15 is 0 Å². The Morgan fingerprint density at radius 3 is 2.53 bits per heavy atom. The van der Waals surface area contributed by atoms with Crippen molar-refractivity contribution in [2.75, 3.05) is 26.7 Å². The second kappa shape index (κ2) is 6.97. The van der Waals surface area contributed by atoms with Crippen LogP contribution in [0.4, 0.5) is 0 Å². The van der Waals surface area contributed by atoms with E-state index in [9.17, 15) is 9.90 Å². The third kappa shape index (κ3) is 5.04. The highest BCUT2D eigenvalue weighted by atomic mass is 16.5. The molecule has 100 valence electrons. The van der Waals surface area contributed by atoms with Gasteiger partial charge in [-0.15, -0.1) is 0 Å².